The topological polar surface area (TPSA) is 70.9 Å². The predicted octanol–water partition coefficient (Wildman–Crippen LogP) is 5.14. The Morgan fingerprint density at radius 1 is 1.21 bits per heavy atom. The molecule has 0 aliphatic carbocycles. The summed E-state index contributed by atoms with van der Waals surface area (Å²) in [5, 5.41) is 3.15. The molecule has 2 N–H and O–H groups in total. The van der Waals surface area contributed by atoms with Gasteiger partial charge in [-0.15, -0.1) is 0 Å². The van der Waals surface area contributed by atoms with Gasteiger partial charge in [0.25, 0.3) is 0 Å². The van der Waals surface area contributed by atoms with E-state index in [0.29, 0.717) is 23.2 Å². The minimum atomic E-state index is -4.41. The number of aryl methyl sites for hydroxylation is 1. The number of halogens is 3. The molecule has 0 saturated heterocycles. The summed E-state index contributed by atoms with van der Waals surface area (Å²) in [6.45, 7) is 1.72. The molecule has 1 amide bonds. The summed E-state index contributed by atoms with van der Waals surface area (Å²) in [7, 11) is 0. The van der Waals surface area contributed by atoms with Gasteiger partial charge in [-0.3, -0.25) is 4.79 Å². The van der Waals surface area contributed by atoms with Crippen molar-refractivity contribution in [1.82, 2.24) is 15.3 Å². The van der Waals surface area contributed by atoms with Crippen LogP contribution in [-0.4, -0.2) is 15.9 Å². The number of carbonyl (C=O) groups is 1. The van der Waals surface area contributed by atoms with Crippen molar-refractivity contribution in [2.24, 2.45) is 0 Å². The number of nitrogens with zero attached hydrogens (tertiary/aromatic N) is 1. The van der Waals surface area contributed by atoms with E-state index in [9.17, 15) is 18.0 Å². The van der Waals surface area contributed by atoms with E-state index in [1.54, 1.807) is 6.92 Å². The fourth-order valence-corrected chi connectivity index (χ4v) is 3.19. The van der Waals surface area contributed by atoms with E-state index in [1.165, 1.54) is 12.1 Å². The molecule has 1 atom stereocenters. The van der Waals surface area contributed by atoms with Gasteiger partial charge < -0.3 is 14.7 Å². The van der Waals surface area contributed by atoms with E-state index in [0.717, 1.165) is 29.0 Å². The van der Waals surface area contributed by atoms with Gasteiger partial charge in [0.2, 0.25) is 5.91 Å². The highest BCUT2D eigenvalue weighted by atomic mass is 19.4. The molecule has 4 aromatic rings. The number of aromatic nitrogens is 2. The Kier molecular flexibility index (Phi) is 4.77. The zero-order valence-corrected chi connectivity index (χ0v) is 15.5. The number of hydrogen-bond acceptors (Lipinski definition) is 3. The lowest BCUT2D eigenvalue weighted by Gasteiger charge is -2.10. The second-order valence-corrected chi connectivity index (χ2v) is 6.89. The van der Waals surface area contributed by atoms with Gasteiger partial charge in [0.05, 0.1) is 22.6 Å². The minimum Gasteiger partial charge on any atom is -0.459 e. The van der Waals surface area contributed by atoms with Crippen molar-refractivity contribution >= 4 is 27.9 Å². The van der Waals surface area contributed by atoms with E-state index in [4.69, 9.17) is 4.42 Å². The van der Waals surface area contributed by atoms with Crippen LogP contribution in [0.1, 0.15) is 36.5 Å². The number of furan rings is 1. The standard InChI is InChI=1S/C21H18F3N3O2/c1-12(18-11-13-10-14(21(22,23)24)6-7-17(13)29-18)25-20(28)9-8-19-26-15-4-2-3-5-16(15)27-19/h2-7,10-12H,8-9H2,1H3,(H,25,28)(H,26,27). The van der Waals surface area contributed by atoms with Crippen molar-refractivity contribution in [2.45, 2.75) is 32.0 Å². The molecule has 4 rings (SSSR count). The third-order valence-electron chi connectivity index (χ3n) is 4.69. The number of amides is 1. The first-order valence-corrected chi connectivity index (χ1v) is 9.13. The van der Waals surface area contributed by atoms with E-state index in [2.05, 4.69) is 15.3 Å². The van der Waals surface area contributed by atoms with Crippen LogP contribution < -0.4 is 5.32 Å². The molecule has 29 heavy (non-hydrogen) atoms. The molecule has 0 fully saturated rings. The molecule has 2 aromatic heterocycles. The van der Waals surface area contributed by atoms with Gasteiger partial charge in [-0.2, -0.15) is 13.2 Å². The summed E-state index contributed by atoms with van der Waals surface area (Å²) < 4.78 is 44.2. The molecule has 8 heteroatoms. The maximum atomic E-state index is 12.9. The molecule has 1 unspecified atom stereocenters. The Morgan fingerprint density at radius 2 is 2.00 bits per heavy atom. The number of imidazole rings is 1. The SMILES string of the molecule is CC(NC(=O)CCc1nc2ccccc2[nH]1)c1cc2cc(C(F)(F)F)ccc2o1. The van der Waals surface area contributed by atoms with Crippen LogP contribution >= 0.6 is 0 Å². The Balaban J connectivity index is 1.40. The summed E-state index contributed by atoms with van der Waals surface area (Å²) in [5.74, 6) is 0.920. The van der Waals surface area contributed by atoms with Gasteiger partial charge in [0.1, 0.15) is 17.2 Å². The number of hydrogen-bond donors (Lipinski definition) is 2. The normalized spacial score (nSPS) is 13.1. The van der Waals surface area contributed by atoms with Crippen molar-refractivity contribution in [3.8, 4) is 0 Å². The third kappa shape index (κ3) is 4.11. The maximum Gasteiger partial charge on any atom is 0.416 e. The Labute approximate surface area is 163 Å². The lowest BCUT2D eigenvalue weighted by Crippen LogP contribution is -2.26. The van der Waals surface area contributed by atoms with E-state index in [-0.39, 0.29) is 12.3 Å². The summed E-state index contributed by atoms with van der Waals surface area (Å²) in [5.41, 5.74) is 1.37. The highest BCUT2D eigenvalue weighted by Crippen LogP contribution is 2.33. The molecule has 0 aliphatic heterocycles. The van der Waals surface area contributed by atoms with Gasteiger partial charge >= 0.3 is 6.18 Å². The molecule has 0 radical (unpaired) electrons. The zero-order valence-electron chi connectivity index (χ0n) is 15.5. The number of fused-ring (bicyclic) bond motifs is 2. The van der Waals surface area contributed by atoms with Crippen LogP contribution in [0.25, 0.3) is 22.0 Å². The molecular weight excluding hydrogens is 383 g/mol. The van der Waals surface area contributed by atoms with Crippen LogP contribution in [0.15, 0.2) is 52.9 Å². The van der Waals surface area contributed by atoms with Crippen LogP contribution in [0.4, 0.5) is 13.2 Å². The number of aromatic amines is 1. The fraction of sp³-hybridized carbons (Fsp3) is 0.238. The molecule has 0 saturated carbocycles. The summed E-state index contributed by atoms with van der Waals surface area (Å²) in [6, 6.07) is 12.0. The first-order valence-electron chi connectivity index (χ1n) is 9.13. The van der Waals surface area contributed by atoms with E-state index < -0.39 is 17.8 Å². The molecule has 2 aromatic carbocycles. The number of alkyl halides is 3. The lowest BCUT2D eigenvalue weighted by atomic mass is 10.1. The minimum absolute atomic E-state index is 0.200. The number of carbonyl (C=O) groups excluding carboxylic acids is 1. The van der Waals surface area contributed by atoms with Crippen molar-refractivity contribution in [3.05, 3.63) is 65.7 Å². The quantitative estimate of drug-likeness (QED) is 0.487. The number of H-pyrrole nitrogens is 1. The Hall–Kier alpha value is -3.29. The predicted molar refractivity (Wildman–Crippen MR) is 102 cm³/mol. The first kappa shape index (κ1) is 19.0. The molecule has 0 bridgehead atoms. The average molecular weight is 401 g/mol. The number of nitrogens with one attached hydrogen (secondary N) is 2. The van der Waals surface area contributed by atoms with E-state index >= 15 is 0 Å². The highest BCUT2D eigenvalue weighted by Gasteiger charge is 2.30. The number of benzene rings is 2. The molecule has 2 heterocycles. The van der Waals surface area contributed by atoms with Crippen LogP contribution in [0.3, 0.4) is 0 Å². The first-order chi connectivity index (χ1) is 13.8. The third-order valence-corrected chi connectivity index (χ3v) is 4.69. The summed E-state index contributed by atoms with van der Waals surface area (Å²) >= 11 is 0. The van der Waals surface area contributed by atoms with Crippen LogP contribution in [0.2, 0.25) is 0 Å². The van der Waals surface area contributed by atoms with Crippen LogP contribution in [-0.2, 0) is 17.4 Å². The van der Waals surface area contributed by atoms with Crippen molar-refractivity contribution in [1.29, 1.82) is 0 Å². The average Bonchev–Trinajstić information content (AvgIpc) is 3.28. The highest BCUT2D eigenvalue weighted by molar-refractivity contribution is 5.80. The molecule has 0 aliphatic rings. The Morgan fingerprint density at radius 3 is 2.76 bits per heavy atom. The second-order valence-electron chi connectivity index (χ2n) is 6.89. The molecule has 150 valence electrons. The van der Waals surface area contributed by atoms with E-state index in [1.807, 2.05) is 24.3 Å². The van der Waals surface area contributed by atoms with Crippen molar-refractivity contribution in [3.63, 3.8) is 0 Å². The number of rotatable bonds is 5. The largest absolute Gasteiger partial charge is 0.459 e. The van der Waals surface area contributed by atoms with Crippen LogP contribution in [0, 0.1) is 0 Å². The van der Waals surface area contributed by atoms with Gasteiger partial charge in [0, 0.05) is 18.2 Å². The van der Waals surface area contributed by atoms with Gasteiger partial charge in [-0.25, -0.2) is 4.98 Å². The summed E-state index contributed by atoms with van der Waals surface area (Å²) in [6.07, 6.45) is -3.74. The zero-order chi connectivity index (χ0) is 20.6. The molecular formula is C21H18F3N3O2. The lowest BCUT2D eigenvalue weighted by molar-refractivity contribution is -0.137. The molecule has 5 nitrogen and oxygen atoms in total. The van der Waals surface area contributed by atoms with Gasteiger partial charge in [-0.1, -0.05) is 12.1 Å². The second kappa shape index (κ2) is 7.27. The molecule has 0 spiro atoms. The Bertz CT molecular complexity index is 1140. The van der Waals surface area contributed by atoms with Crippen LogP contribution in [0.5, 0.6) is 0 Å². The monoisotopic (exact) mass is 401 g/mol. The van der Waals surface area contributed by atoms with Gasteiger partial charge in [0.15, 0.2) is 0 Å². The number of para-hydroxylation sites is 2. The maximum absolute atomic E-state index is 12.9. The van der Waals surface area contributed by atoms with Gasteiger partial charge in [-0.05, 0) is 43.3 Å². The smallest absolute Gasteiger partial charge is 0.416 e. The van der Waals surface area contributed by atoms with Crippen molar-refractivity contribution < 1.29 is 22.4 Å². The summed E-state index contributed by atoms with van der Waals surface area (Å²) in [4.78, 5) is 19.9. The fourth-order valence-electron chi connectivity index (χ4n) is 3.19. The van der Waals surface area contributed by atoms with Crippen molar-refractivity contribution in [2.75, 3.05) is 0 Å².